The molecule has 7 heteroatoms. The second-order valence-electron chi connectivity index (χ2n) is 3.86. The molecule has 0 aliphatic heterocycles. The van der Waals surface area contributed by atoms with Crippen LogP contribution in [0.15, 0.2) is 63.0 Å². The number of hydrogen-bond acceptors (Lipinski definition) is 3. The van der Waals surface area contributed by atoms with Crippen LogP contribution in [0.1, 0.15) is 5.56 Å². The van der Waals surface area contributed by atoms with E-state index < -0.39 is 10.0 Å². The Morgan fingerprint density at radius 1 is 1.15 bits per heavy atom. The molecule has 104 valence electrons. The number of hydrazone groups is 1. The molecule has 0 spiro atoms. The predicted molar refractivity (Wildman–Crippen MR) is 83.5 cm³/mol. The van der Waals surface area contributed by atoms with Crippen LogP contribution in [0.2, 0.25) is 5.02 Å². The van der Waals surface area contributed by atoms with Gasteiger partial charge < -0.3 is 0 Å². The average Bonchev–Trinajstić information content (AvgIpc) is 2.39. The summed E-state index contributed by atoms with van der Waals surface area (Å²) in [6.07, 6.45) is 1.39. The zero-order valence-electron chi connectivity index (χ0n) is 10.1. The topological polar surface area (TPSA) is 58.5 Å². The summed E-state index contributed by atoms with van der Waals surface area (Å²) in [6.45, 7) is 0. The fraction of sp³-hybridized carbons (Fsp3) is 0. The lowest BCUT2D eigenvalue weighted by Gasteiger charge is -2.03. The van der Waals surface area contributed by atoms with Gasteiger partial charge >= 0.3 is 0 Å². The molecule has 0 bridgehead atoms. The van der Waals surface area contributed by atoms with Gasteiger partial charge in [0.2, 0.25) is 0 Å². The maximum atomic E-state index is 11.9. The Balaban J connectivity index is 2.11. The third-order valence-corrected chi connectivity index (χ3v) is 4.36. The van der Waals surface area contributed by atoms with E-state index in [1.54, 1.807) is 36.4 Å². The van der Waals surface area contributed by atoms with Crippen molar-refractivity contribution in [3.63, 3.8) is 0 Å². The molecule has 0 saturated carbocycles. The van der Waals surface area contributed by atoms with Crippen molar-refractivity contribution in [2.45, 2.75) is 4.90 Å². The Labute approximate surface area is 130 Å². The second-order valence-corrected chi connectivity index (χ2v) is 6.87. The Kier molecular flexibility index (Phi) is 4.80. The van der Waals surface area contributed by atoms with Gasteiger partial charge in [0.25, 0.3) is 10.0 Å². The third kappa shape index (κ3) is 4.06. The molecule has 0 saturated heterocycles. The van der Waals surface area contributed by atoms with Crippen LogP contribution in [0.4, 0.5) is 0 Å². The van der Waals surface area contributed by atoms with E-state index in [0.717, 1.165) is 4.47 Å². The van der Waals surface area contributed by atoms with Crippen molar-refractivity contribution in [1.82, 2.24) is 4.83 Å². The number of nitrogens with one attached hydrogen (secondary N) is 1. The summed E-state index contributed by atoms with van der Waals surface area (Å²) >= 11 is 9.06. The molecule has 2 rings (SSSR count). The van der Waals surface area contributed by atoms with Gasteiger partial charge in [-0.2, -0.15) is 13.5 Å². The Hall–Kier alpha value is -1.37. The molecule has 0 atom stereocenters. The molecule has 0 aromatic heterocycles. The van der Waals surface area contributed by atoms with E-state index in [4.69, 9.17) is 11.6 Å². The van der Waals surface area contributed by atoms with Gasteiger partial charge in [-0.3, -0.25) is 0 Å². The first-order chi connectivity index (χ1) is 9.47. The van der Waals surface area contributed by atoms with Crippen LogP contribution in [0.25, 0.3) is 0 Å². The molecule has 0 unspecified atom stereocenters. The maximum Gasteiger partial charge on any atom is 0.276 e. The van der Waals surface area contributed by atoms with Crippen molar-refractivity contribution in [2.75, 3.05) is 0 Å². The van der Waals surface area contributed by atoms with Gasteiger partial charge in [0.05, 0.1) is 11.1 Å². The number of halogens is 2. The summed E-state index contributed by atoms with van der Waals surface area (Å²) in [5, 5.41) is 4.28. The number of sulfonamides is 1. The van der Waals surface area contributed by atoms with Gasteiger partial charge in [0, 0.05) is 9.50 Å². The second kappa shape index (κ2) is 6.39. The lowest BCUT2D eigenvalue weighted by atomic mass is 10.2. The average molecular weight is 374 g/mol. The van der Waals surface area contributed by atoms with Crippen LogP contribution in [0.5, 0.6) is 0 Å². The predicted octanol–water partition coefficient (Wildman–Crippen LogP) is 3.41. The van der Waals surface area contributed by atoms with Crippen molar-refractivity contribution in [2.24, 2.45) is 5.10 Å². The molecule has 0 amide bonds. The van der Waals surface area contributed by atoms with Gasteiger partial charge in [-0.1, -0.05) is 39.7 Å². The minimum Gasteiger partial charge on any atom is -0.200 e. The highest BCUT2D eigenvalue weighted by atomic mass is 79.9. The molecule has 0 aliphatic carbocycles. The summed E-state index contributed by atoms with van der Waals surface area (Å²) < 4.78 is 24.7. The summed E-state index contributed by atoms with van der Waals surface area (Å²) in [5.41, 5.74) is 0.705. The standard InChI is InChI=1S/C13H10BrClN2O2S/c14-11-4-6-13(7-5-11)20(18,19)17-16-9-10-2-1-3-12(15)8-10/h1-9,17H/b16-9-. The van der Waals surface area contributed by atoms with Crippen molar-refractivity contribution >= 4 is 43.8 Å². The highest BCUT2D eigenvalue weighted by Gasteiger charge is 2.11. The first-order valence-corrected chi connectivity index (χ1v) is 8.19. The molecule has 1 N–H and O–H groups in total. The van der Waals surface area contributed by atoms with Crippen molar-refractivity contribution < 1.29 is 8.42 Å². The SMILES string of the molecule is O=S(=O)(N/N=C\c1cccc(Cl)c1)c1ccc(Br)cc1. The zero-order chi connectivity index (χ0) is 14.6. The number of hydrogen-bond donors (Lipinski definition) is 1. The third-order valence-electron chi connectivity index (χ3n) is 2.36. The van der Waals surface area contributed by atoms with Crippen molar-refractivity contribution in [3.8, 4) is 0 Å². The molecule has 2 aromatic carbocycles. The molecular weight excluding hydrogens is 364 g/mol. The monoisotopic (exact) mass is 372 g/mol. The van der Waals surface area contributed by atoms with Crippen molar-refractivity contribution in [3.05, 3.63) is 63.6 Å². The number of nitrogens with zero attached hydrogens (tertiary/aromatic N) is 1. The van der Waals surface area contributed by atoms with Crippen LogP contribution in [0, 0.1) is 0 Å². The van der Waals surface area contributed by atoms with Crippen LogP contribution in [-0.4, -0.2) is 14.6 Å². The first kappa shape index (κ1) is 15.0. The molecule has 4 nitrogen and oxygen atoms in total. The van der Waals surface area contributed by atoms with Crippen LogP contribution < -0.4 is 4.83 Å². The van der Waals surface area contributed by atoms with Gasteiger partial charge in [0.15, 0.2) is 0 Å². The summed E-state index contributed by atoms with van der Waals surface area (Å²) in [5.74, 6) is 0. The zero-order valence-corrected chi connectivity index (χ0v) is 13.3. The largest absolute Gasteiger partial charge is 0.276 e. The smallest absolute Gasteiger partial charge is 0.200 e. The highest BCUT2D eigenvalue weighted by molar-refractivity contribution is 9.10. The normalized spacial score (nSPS) is 11.7. The van der Waals surface area contributed by atoms with Crippen LogP contribution in [-0.2, 0) is 10.0 Å². The lowest BCUT2D eigenvalue weighted by molar-refractivity contribution is 0.584. The van der Waals surface area contributed by atoms with E-state index >= 15 is 0 Å². The molecule has 0 aliphatic rings. The molecule has 20 heavy (non-hydrogen) atoms. The van der Waals surface area contributed by atoms with Gasteiger partial charge in [-0.05, 0) is 42.0 Å². The minimum atomic E-state index is -3.66. The van der Waals surface area contributed by atoms with E-state index in [1.807, 2.05) is 0 Å². The maximum absolute atomic E-state index is 11.9. The van der Waals surface area contributed by atoms with Gasteiger partial charge in [0.1, 0.15) is 0 Å². The van der Waals surface area contributed by atoms with E-state index in [9.17, 15) is 8.42 Å². The minimum absolute atomic E-state index is 0.143. The van der Waals surface area contributed by atoms with E-state index in [-0.39, 0.29) is 4.90 Å². The quantitative estimate of drug-likeness (QED) is 0.659. The van der Waals surface area contributed by atoms with E-state index in [2.05, 4.69) is 25.9 Å². The Morgan fingerprint density at radius 2 is 1.85 bits per heavy atom. The Morgan fingerprint density at radius 3 is 2.50 bits per heavy atom. The van der Waals surface area contributed by atoms with E-state index in [1.165, 1.54) is 18.3 Å². The molecule has 0 heterocycles. The van der Waals surface area contributed by atoms with Crippen LogP contribution >= 0.6 is 27.5 Å². The fourth-order valence-electron chi connectivity index (χ4n) is 1.42. The lowest BCUT2D eigenvalue weighted by Crippen LogP contribution is -2.18. The first-order valence-electron chi connectivity index (χ1n) is 5.53. The molecule has 2 aromatic rings. The van der Waals surface area contributed by atoms with Gasteiger partial charge in [-0.25, -0.2) is 4.83 Å². The van der Waals surface area contributed by atoms with Crippen molar-refractivity contribution in [1.29, 1.82) is 0 Å². The molecule has 0 fully saturated rings. The highest BCUT2D eigenvalue weighted by Crippen LogP contribution is 2.14. The van der Waals surface area contributed by atoms with Gasteiger partial charge in [-0.15, -0.1) is 0 Å². The molecule has 0 radical (unpaired) electrons. The number of benzene rings is 2. The fourth-order valence-corrected chi connectivity index (χ4v) is 2.68. The summed E-state index contributed by atoms with van der Waals surface area (Å²) in [4.78, 5) is 2.29. The summed E-state index contributed by atoms with van der Waals surface area (Å²) in [6, 6.07) is 13.2. The van der Waals surface area contributed by atoms with Crippen LogP contribution in [0.3, 0.4) is 0 Å². The number of rotatable bonds is 4. The summed E-state index contributed by atoms with van der Waals surface area (Å²) in [7, 11) is -3.66. The van der Waals surface area contributed by atoms with E-state index in [0.29, 0.717) is 10.6 Å². The Bertz CT molecular complexity index is 730. The molecular formula is C13H10BrClN2O2S.